The second kappa shape index (κ2) is 6.00. The maximum absolute atomic E-state index is 12.2. The predicted octanol–water partition coefficient (Wildman–Crippen LogP) is 0.974. The van der Waals surface area contributed by atoms with Crippen molar-refractivity contribution in [3.05, 3.63) is 16.3 Å². The monoisotopic (exact) mass is 307 g/mol. The SMILES string of the molecule is CCC(C)(CO)NS(=O)(=O)c1ccsc1C(=O)OC. The Morgan fingerprint density at radius 2 is 2.21 bits per heavy atom. The highest BCUT2D eigenvalue weighted by atomic mass is 32.2. The van der Waals surface area contributed by atoms with Crippen LogP contribution in [0.1, 0.15) is 29.9 Å². The van der Waals surface area contributed by atoms with Gasteiger partial charge in [-0.1, -0.05) is 6.92 Å². The Labute approximate surface area is 116 Å². The number of aliphatic hydroxyl groups is 1. The third-order valence-corrected chi connectivity index (χ3v) is 5.50. The van der Waals surface area contributed by atoms with Crippen molar-refractivity contribution in [3.63, 3.8) is 0 Å². The van der Waals surface area contributed by atoms with Crippen molar-refractivity contribution in [2.24, 2.45) is 0 Å². The minimum atomic E-state index is -3.88. The molecule has 2 N–H and O–H groups in total. The summed E-state index contributed by atoms with van der Waals surface area (Å²) in [5.41, 5.74) is -0.964. The molecule has 1 unspecified atom stereocenters. The average molecular weight is 307 g/mol. The van der Waals surface area contributed by atoms with E-state index in [1.807, 2.05) is 0 Å². The second-order valence-electron chi connectivity index (χ2n) is 4.28. The number of carbonyl (C=O) groups is 1. The molecule has 0 spiro atoms. The van der Waals surface area contributed by atoms with Gasteiger partial charge in [0.05, 0.1) is 19.3 Å². The molecule has 1 aromatic heterocycles. The largest absolute Gasteiger partial charge is 0.465 e. The van der Waals surface area contributed by atoms with Crippen molar-refractivity contribution in [2.45, 2.75) is 30.7 Å². The molecule has 0 radical (unpaired) electrons. The molecule has 0 amide bonds. The first kappa shape index (κ1) is 16.1. The van der Waals surface area contributed by atoms with Crippen LogP contribution in [0.25, 0.3) is 0 Å². The van der Waals surface area contributed by atoms with Crippen molar-refractivity contribution in [2.75, 3.05) is 13.7 Å². The highest BCUT2D eigenvalue weighted by Gasteiger charge is 2.32. The predicted molar refractivity (Wildman–Crippen MR) is 71.8 cm³/mol. The molecule has 0 saturated carbocycles. The van der Waals surface area contributed by atoms with Crippen LogP contribution >= 0.6 is 11.3 Å². The molecule has 1 aromatic rings. The van der Waals surface area contributed by atoms with E-state index in [1.165, 1.54) is 18.6 Å². The number of thiophene rings is 1. The van der Waals surface area contributed by atoms with Crippen molar-refractivity contribution >= 4 is 27.3 Å². The average Bonchev–Trinajstić information content (AvgIpc) is 2.87. The van der Waals surface area contributed by atoms with Crippen molar-refractivity contribution < 1.29 is 23.1 Å². The zero-order valence-corrected chi connectivity index (χ0v) is 12.6. The van der Waals surface area contributed by atoms with Crippen molar-refractivity contribution in [1.29, 1.82) is 0 Å². The van der Waals surface area contributed by atoms with Crippen LogP contribution in [0.15, 0.2) is 16.3 Å². The number of nitrogens with one attached hydrogen (secondary N) is 1. The van der Waals surface area contributed by atoms with Crippen LogP contribution in [0.4, 0.5) is 0 Å². The van der Waals surface area contributed by atoms with Gasteiger partial charge in [0, 0.05) is 0 Å². The van der Waals surface area contributed by atoms with Gasteiger partial charge < -0.3 is 9.84 Å². The minimum Gasteiger partial charge on any atom is -0.465 e. The molecule has 6 nitrogen and oxygen atoms in total. The normalized spacial score (nSPS) is 14.9. The Kier molecular flexibility index (Phi) is 5.08. The molecule has 0 bridgehead atoms. The van der Waals surface area contributed by atoms with Gasteiger partial charge in [-0.3, -0.25) is 0 Å². The molecule has 0 aliphatic carbocycles. The third kappa shape index (κ3) is 3.53. The molecule has 1 heterocycles. The Balaban J connectivity index is 3.15. The number of esters is 1. The van der Waals surface area contributed by atoms with E-state index in [0.717, 1.165) is 11.3 Å². The van der Waals surface area contributed by atoms with Crippen LogP contribution in [0.5, 0.6) is 0 Å². The maximum Gasteiger partial charge on any atom is 0.349 e. The van der Waals surface area contributed by atoms with E-state index < -0.39 is 21.5 Å². The molecule has 1 atom stereocenters. The summed E-state index contributed by atoms with van der Waals surface area (Å²) >= 11 is 0.994. The van der Waals surface area contributed by atoms with Gasteiger partial charge in [-0.15, -0.1) is 11.3 Å². The van der Waals surface area contributed by atoms with E-state index in [4.69, 9.17) is 0 Å². The van der Waals surface area contributed by atoms with E-state index in [9.17, 15) is 18.3 Å². The minimum absolute atomic E-state index is 0.0198. The number of hydrogen-bond acceptors (Lipinski definition) is 6. The quantitative estimate of drug-likeness (QED) is 0.764. The number of methoxy groups -OCH3 is 1. The summed E-state index contributed by atoms with van der Waals surface area (Å²) in [5.74, 6) is -0.697. The van der Waals surface area contributed by atoms with Crippen molar-refractivity contribution in [1.82, 2.24) is 4.72 Å². The topological polar surface area (TPSA) is 92.7 Å². The lowest BCUT2D eigenvalue weighted by molar-refractivity contribution is 0.0602. The molecule has 0 saturated heterocycles. The molecular weight excluding hydrogens is 290 g/mol. The van der Waals surface area contributed by atoms with Gasteiger partial charge in [0.15, 0.2) is 0 Å². The number of rotatable bonds is 6. The number of aliphatic hydroxyl groups excluding tert-OH is 1. The number of hydrogen-bond donors (Lipinski definition) is 2. The number of ether oxygens (including phenoxy) is 1. The molecule has 0 fully saturated rings. The van der Waals surface area contributed by atoms with E-state index in [2.05, 4.69) is 9.46 Å². The summed E-state index contributed by atoms with van der Waals surface area (Å²) < 4.78 is 31.4. The Morgan fingerprint density at radius 1 is 1.58 bits per heavy atom. The van der Waals surface area contributed by atoms with Crippen LogP contribution in [-0.4, -0.2) is 38.7 Å². The van der Waals surface area contributed by atoms with E-state index in [0.29, 0.717) is 6.42 Å². The van der Waals surface area contributed by atoms with Crippen LogP contribution in [-0.2, 0) is 14.8 Å². The Hall–Kier alpha value is -0.960. The van der Waals surface area contributed by atoms with Gasteiger partial charge in [0.2, 0.25) is 10.0 Å². The van der Waals surface area contributed by atoms with Gasteiger partial charge in [0.25, 0.3) is 0 Å². The van der Waals surface area contributed by atoms with Crippen LogP contribution < -0.4 is 4.72 Å². The third-order valence-electron chi connectivity index (χ3n) is 2.80. The molecule has 19 heavy (non-hydrogen) atoms. The van der Waals surface area contributed by atoms with Crippen molar-refractivity contribution in [3.8, 4) is 0 Å². The van der Waals surface area contributed by atoms with Gasteiger partial charge in [0.1, 0.15) is 9.77 Å². The number of sulfonamides is 1. The zero-order chi connectivity index (χ0) is 14.7. The second-order valence-corrected chi connectivity index (χ2v) is 6.85. The van der Waals surface area contributed by atoms with Crippen LogP contribution in [0, 0.1) is 0 Å². The summed E-state index contributed by atoms with van der Waals surface area (Å²) in [6, 6.07) is 1.34. The van der Waals surface area contributed by atoms with E-state index in [1.54, 1.807) is 13.8 Å². The first-order valence-corrected chi connectivity index (χ1v) is 7.96. The van der Waals surface area contributed by atoms with E-state index >= 15 is 0 Å². The zero-order valence-electron chi connectivity index (χ0n) is 11.0. The molecule has 0 aromatic carbocycles. The van der Waals surface area contributed by atoms with Gasteiger partial charge in [-0.05, 0) is 24.8 Å². The van der Waals surface area contributed by atoms with E-state index in [-0.39, 0.29) is 16.4 Å². The molecule has 8 heteroatoms. The summed E-state index contributed by atoms with van der Waals surface area (Å²) in [6.07, 6.45) is 0.417. The fraction of sp³-hybridized carbons (Fsp3) is 0.545. The summed E-state index contributed by atoms with van der Waals surface area (Å²) in [6.45, 7) is 3.02. The Morgan fingerprint density at radius 3 is 2.68 bits per heavy atom. The first-order chi connectivity index (χ1) is 8.79. The lowest BCUT2D eigenvalue weighted by Crippen LogP contribution is -2.48. The molecule has 1 rings (SSSR count). The molecule has 0 aliphatic heterocycles. The summed E-state index contributed by atoms with van der Waals surface area (Å²) in [4.78, 5) is 11.4. The van der Waals surface area contributed by atoms with Crippen LogP contribution in [0.3, 0.4) is 0 Å². The van der Waals surface area contributed by atoms with Crippen LogP contribution in [0.2, 0.25) is 0 Å². The fourth-order valence-corrected chi connectivity index (χ4v) is 4.15. The lowest BCUT2D eigenvalue weighted by atomic mass is 10.0. The van der Waals surface area contributed by atoms with Gasteiger partial charge in [-0.2, -0.15) is 0 Å². The lowest BCUT2D eigenvalue weighted by Gasteiger charge is -2.26. The first-order valence-electron chi connectivity index (χ1n) is 5.60. The maximum atomic E-state index is 12.2. The molecule has 0 aliphatic rings. The van der Waals surface area contributed by atoms with Gasteiger partial charge in [-0.25, -0.2) is 17.9 Å². The summed E-state index contributed by atoms with van der Waals surface area (Å²) in [5, 5.41) is 10.8. The fourth-order valence-electron chi connectivity index (χ4n) is 1.35. The smallest absolute Gasteiger partial charge is 0.349 e. The Bertz CT molecular complexity index is 545. The molecule has 108 valence electrons. The summed E-state index contributed by atoms with van der Waals surface area (Å²) in [7, 11) is -2.69. The highest BCUT2D eigenvalue weighted by molar-refractivity contribution is 7.89. The van der Waals surface area contributed by atoms with Gasteiger partial charge >= 0.3 is 5.97 Å². The highest BCUT2D eigenvalue weighted by Crippen LogP contribution is 2.24. The number of carbonyl (C=O) groups excluding carboxylic acids is 1. The standard InChI is InChI=1S/C11H17NO5S2/c1-4-11(2,7-13)12-19(15,16)8-5-6-18-9(8)10(14)17-3/h5-6,12-13H,4,7H2,1-3H3. The molecular formula is C11H17NO5S2.